The molecule has 338 valence electrons. The summed E-state index contributed by atoms with van der Waals surface area (Å²) < 4.78 is 59.0. The van der Waals surface area contributed by atoms with Crippen LogP contribution in [-0.4, -0.2) is 97.5 Å². The fourth-order valence-corrected chi connectivity index (χ4v) is 7.07. The van der Waals surface area contributed by atoms with Crippen molar-refractivity contribution in [2.24, 2.45) is 0 Å². The van der Waals surface area contributed by atoms with E-state index in [1.54, 1.807) is 0 Å². The maximum absolute atomic E-state index is 12.8. The molecule has 1 aliphatic rings. The SMILES string of the molecule is CC/C=C\C/C=C\C/C=C\CCCCCCCC(=O)OC(COCCCCCCCC/C=C\CCCCCCCC)COC1OC(CO)C(O)C(OS(=O)(=O)O)C1O. The van der Waals surface area contributed by atoms with Crippen LogP contribution in [0.2, 0.25) is 0 Å². The van der Waals surface area contributed by atoms with Crippen LogP contribution in [0.5, 0.6) is 0 Å². The summed E-state index contributed by atoms with van der Waals surface area (Å²) in [6.07, 6.45) is 34.3. The van der Waals surface area contributed by atoms with Crippen LogP contribution in [0.1, 0.15) is 168 Å². The Morgan fingerprint density at radius 2 is 1.19 bits per heavy atom. The lowest BCUT2D eigenvalue weighted by atomic mass is 9.99. The van der Waals surface area contributed by atoms with Crippen LogP contribution in [0.15, 0.2) is 48.6 Å². The summed E-state index contributed by atoms with van der Waals surface area (Å²) in [7, 11) is -5.06. The molecule has 0 aromatic carbocycles. The van der Waals surface area contributed by atoms with Gasteiger partial charge >= 0.3 is 16.4 Å². The third-order valence-corrected chi connectivity index (χ3v) is 10.4. The van der Waals surface area contributed by atoms with Crippen LogP contribution in [0.3, 0.4) is 0 Å². The number of ether oxygens (including phenoxy) is 4. The first kappa shape index (κ1) is 54.1. The second kappa shape index (κ2) is 36.9. The highest BCUT2D eigenvalue weighted by molar-refractivity contribution is 7.80. The first-order valence-corrected chi connectivity index (χ1v) is 23.8. The summed E-state index contributed by atoms with van der Waals surface area (Å²) in [6.45, 7) is 3.83. The molecule has 1 saturated heterocycles. The number of unbranched alkanes of at least 4 members (excludes halogenated alkanes) is 17. The molecule has 0 saturated carbocycles. The highest BCUT2D eigenvalue weighted by Crippen LogP contribution is 2.26. The Labute approximate surface area is 351 Å². The third-order valence-electron chi connectivity index (χ3n) is 9.93. The van der Waals surface area contributed by atoms with Gasteiger partial charge in [0.1, 0.15) is 30.5 Å². The molecule has 1 fully saturated rings. The molecule has 58 heavy (non-hydrogen) atoms. The minimum absolute atomic E-state index is 0.0237. The molecule has 0 radical (unpaired) electrons. The smallest absolute Gasteiger partial charge is 0.397 e. The van der Waals surface area contributed by atoms with Crippen molar-refractivity contribution >= 4 is 16.4 Å². The van der Waals surface area contributed by atoms with E-state index < -0.39 is 59.8 Å². The van der Waals surface area contributed by atoms with Gasteiger partial charge in [0.05, 0.1) is 19.8 Å². The summed E-state index contributed by atoms with van der Waals surface area (Å²) in [4.78, 5) is 12.8. The van der Waals surface area contributed by atoms with Crippen molar-refractivity contribution in [1.29, 1.82) is 0 Å². The van der Waals surface area contributed by atoms with Crippen molar-refractivity contribution in [1.82, 2.24) is 0 Å². The summed E-state index contributed by atoms with van der Waals surface area (Å²) in [5.41, 5.74) is 0. The number of aliphatic hydroxyl groups excluding tert-OH is 3. The monoisotopic (exact) mass is 845 g/mol. The molecule has 6 atom stereocenters. The molecule has 0 bridgehead atoms. The van der Waals surface area contributed by atoms with Crippen molar-refractivity contribution in [3.05, 3.63) is 48.6 Å². The Hall–Kier alpha value is -1.94. The van der Waals surface area contributed by atoms with Gasteiger partial charge in [-0.2, -0.15) is 8.42 Å². The molecule has 1 rings (SSSR count). The first-order valence-electron chi connectivity index (χ1n) is 22.4. The standard InChI is InChI=1S/C45H80O12S/c1-3-5-7-9-11-13-15-17-19-21-23-25-27-29-31-33-35-53-37-39(38-54-45-43(49)44(57-58(50,51)52)42(48)40(36-46)56-45)55-41(47)34-32-30-28-26-24-22-20-18-16-14-12-10-8-6-4-2/h6,8,12,14,17-20,39-40,42-46,48-49H,3-5,7,9-11,13,15-16,21-38H2,1-2H3,(H,50,51,52)/b8-6-,14-12-,19-17-,20-18-. The Bertz CT molecular complexity index is 1200. The minimum atomic E-state index is -5.06. The largest absolute Gasteiger partial charge is 0.457 e. The molecule has 0 amide bonds. The second-order valence-electron chi connectivity index (χ2n) is 15.3. The molecule has 6 unspecified atom stereocenters. The van der Waals surface area contributed by atoms with Crippen LogP contribution in [0.4, 0.5) is 0 Å². The van der Waals surface area contributed by atoms with Gasteiger partial charge in [-0.1, -0.05) is 140 Å². The van der Waals surface area contributed by atoms with E-state index in [0.717, 1.165) is 77.0 Å². The van der Waals surface area contributed by atoms with E-state index in [4.69, 9.17) is 23.5 Å². The van der Waals surface area contributed by atoms with Crippen molar-refractivity contribution < 1.29 is 56.2 Å². The van der Waals surface area contributed by atoms with Gasteiger partial charge in [0.15, 0.2) is 6.29 Å². The highest BCUT2D eigenvalue weighted by atomic mass is 32.3. The number of allylic oxidation sites excluding steroid dienone is 8. The maximum Gasteiger partial charge on any atom is 0.397 e. The highest BCUT2D eigenvalue weighted by Gasteiger charge is 2.48. The van der Waals surface area contributed by atoms with Gasteiger partial charge in [-0.15, -0.1) is 0 Å². The summed E-state index contributed by atoms with van der Waals surface area (Å²) in [6, 6.07) is 0. The van der Waals surface area contributed by atoms with E-state index in [1.807, 2.05) is 0 Å². The lowest BCUT2D eigenvalue weighted by molar-refractivity contribution is -0.301. The predicted molar refractivity (Wildman–Crippen MR) is 230 cm³/mol. The quantitative estimate of drug-likeness (QED) is 0.0201. The number of carbonyl (C=O) groups is 1. The van der Waals surface area contributed by atoms with E-state index in [0.29, 0.717) is 13.0 Å². The number of aliphatic hydroxyl groups is 3. The van der Waals surface area contributed by atoms with Gasteiger partial charge < -0.3 is 34.3 Å². The van der Waals surface area contributed by atoms with Gasteiger partial charge in [0.2, 0.25) is 0 Å². The van der Waals surface area contributed by atoms with E-state index in [-0.39, 0.29) is 19.6 Å². The molecule has 13 heteroatoms. The van der Waals surface area contributed by atoms with Gasteiger partial charge in [-0.05, 0) is 70.6 Å². The lowest BCUT2D eigenvalue weighted by Crippen LogP contribution is -2.60. The molecule has 0 aromatic rings. The van der Waals surface area contributed by atoms with Gasteiger partial charge in [-0.3, -0.25) is 9.35 Å². The molecule has 12 nitrogen and oxygen atoms in total. The Morgan fingerprint density at radius 1 is 0.672 bits per heavy atom. The summed E-state index contributed by atoms with van der Waals surface area (Å²) in [5.74, 6) is -0.419. The summed E-state index contributed by atoms with van der Waals surface area (Å²) in [5, 5.41) is 30.6. The number of rotatable bonds is 38. The first-order chi connectivity index (χ1) is 28.1. The van der Waals surface area contributed by atoms with Crippen molar-refractivity contribution in [2.75, 3.05) is 26.4 Å². The van der Waals surface area contributed by atoms with Gasteiger partial charge in [0.25, 0.3) is 0 Å². The fourth-order valence-electron chi connectivity index (χ4n) is 6.56. The predicted octanol–water partition coefficient (Wildman–Crippen LogP) is 9.19. The van der Waals surface area contributed by atoms with Crippen molar-refractivity contribution in [3.63, 3.8) is 0 Å². The number of carbonyl (C=O) groups excluding carboxylic acids is 1. The van der Waals surface area contributed by atoms with Crippen LogP contribution in [0.25, 0.3) is 0 Å². The molecule has 0 aromatic heterocycles. The molecule has 0 spiro atoms. The lowest BCUT2D eigenvalue weighted by Gasteiger charge is -2.41. The normalized spacial score (nSPS) is 21.0. The minimum Gasteiger partial charge on any atom is -0.457 e. The molecular formula is C45H80O12S. The molecule has 1 heterocycles. The van der Waals surface area contributed by atoms with E-state index >= 15 is 0 Å². The van der Waals surface area contributed by atoms with Crippen LogP contribution in [0, 0.1) is 0 Å². The molecule has 1 aliphatic heterocycles. The van der Waals surface area contributed by atoms with Gasteiger partial charge in [-0.25, -0.2) is 4.18 Å². The average Bonchev–Trinajstić information content (AvgIpc) is 3.19. The van der Waals surface area contributed by atoms with Crippen LogP contribution >= 0.6 is 0 Å². The zero-order valence-electron chi connectivity index (χ0n) is 35.8. The Morgan fingerprint density at radius 3 is 1.76 bits per heavy atom. The third kappa shape index (κ3) is 30.1. The Kier molecular flexibility index (Phi) is 34.4. The topological polar surface area (TPSA) is 178 Å². The zero-order chi connectivity index (χ0) is 42.5. The number of hydrogen-bond acceptors (Lipinski definition) is 11. The number of hydrogen-bond donors (Lipinski definition) is 4. The van der Waals surface area contributed by atoms with Crippen molar-refractivity contribution in [2.45, 2.75) is 205 Å². The molecular weight excluding hydrogens is 765 g/mol. The van der Waals surface area contributed by atoms with Gasteiger partial charge in [0, 0.05) is 13.0 Å². The van der Waals surface area contributed by atoms with Crippen LogP contribution < -0.4 is 0 Å². The molecule has 4 N–H and O–H groups in total. The number of esters is 1. The fraction of sp³-hybridized carbons (Fsp3) is 0.800. The maximum atomic E-state index is 12.8. The second-order valence-corrected chi connectivity index (χ2v) is 16.3. The zero-order valence-corrected chi connectivity index (χ0v) is 36.7. The Balaban J connectivity index is 2.46. The van der Waals surface area contributed by atoms with E-state index in [1.165, 1.54) is 64.2 Å². The average molecular weight is 845 g/mol. The van der Waals surface area contributed by atoms with E-state index in [9.17, 15) is 28.5 Å². The summed E-state index contributed by atoms with van der Waals surface area (Å²) >= 11 is 0. The van der Waals surface area contributed by atoms with Crippen LogP contribution in [-0.2, 0) is 38.3 Å². The van der Waals surface area contributed by atoms with E-state index in [2.05, 4.69) is 66.6 Å². The van der Waals surface area contributed by atoms with Crippen molar-refractivity contribution in [3.8, 4) is 0 Å². The molecule has 0 aliphatic carbocycles.